The lowest BCUT2D eigenvalue weighted by atomic mass is 10.1. The van der Waals surface area contributed by atoms with Crippen LogP contribution in [-0.2, 0) is 13.1 Å². The summed E-state index contributed by atoms with van der Waals surface area (Å²) in [6.45, 7) is 1.86. The van der Waals surface area contributed by atoms with Gasteiger partial charge in [-0.1, -0.05) is 48.5 Å². The van der Waals surface area contributed by atoms with Gasteiger partial charge in [0.15, 0.2) is 0 Å². The van der Waals surface area contributed by atoms with Crippen molar-refractivity contribution in [3.63, 3.8) is 0 Å². The normalized spacial score (nSPS) is 12.8. The second-order valence-corrected chi connectivity index (χ2v) is 6.62. The molecule has 1 amide bonds. The Morgan fingerprint density at radius 3 is 2.29 bits per heavy atom. The number of nitrogens with zero attached hydrogens (tertiary/aromatic N) is 2. The van der Waals surface area contributed by atoms with Gasteiger partial charge in [-0.2, -0.15) is 5.10 Å². The summed E-state index contributed by atoms with van der Waals surface area (Å²) >= 11 is 0. The van der Waals surface area contributed by atoms with Crippen molar-refractivity contribution in [2.75, 3.05) is 12.0 Å². The number of carbonyl (C=O) groups is 1. The van der Waals surface area contributed by atoms with Gasteiger partial charge in [0, 0.05) is 18.8 Å². The fraction of sp³-hybridized carbons (Fsp3) is 0.130. The lowest BCUT2D eigenvalue weighted by Crippen LogP contribution is -2.18. The molecule has 1 N–H and O–H groups in total. The molecule has 0 saturated heterocycles. The van der Waals surface area contributed by atoms with Gasteiger partial charge in [0.25, 0.3) is 5.91 Å². The van der Waals surface area contributed by atoms with Crippen molar-refractivity contribution in [3.8, 4) is 5.75 Å². The van der Waals surface area contributed by atoms with Crippen molar-refractivity contribution in [1.29, 1.82) is 0 Å². The Morgan fingerprint density at radius 2 is 1.61 bits per heavy atom. The third-order valence-electron chi connectivity index (χ3n) is 4.83. The van der Waals surface area contributed by atoms with Gasteiger partial charge in [-0.3, -0.25) is 4.79 Å². The van der Waals surface area contributed by atoms with Crippen LogP contribution in [0.1, 0.15) is 27.0 Å². The molecule has 28 heavy (non-hydrogen) atoms. The average molecular weight is 371 g/mol. The highest BCUT2D eigenvalue weighted by molar-refractivity contribution is 5.97. The zero-order chi connectivity index (χ0) is 19.3. The first-order chi connectivity index (χ1) is 13.7. The van der Waals surface area contributed by atoms with Gasteiger partial charge in [-0.15, -0.1) is 0 Å². The zero-order valence-corrected chi connectivity index (χ0v) is 15.6. The number of nitrogens with one attached hydrogen (secondary N) is 1. The van der Waals surface area contributed by atoms with E-state index in [1.165, 1.54) is 23.9 Å². The van der Waals surface area contributed by atoms with E-state index in [9.17, 15) is 4.79 Å². The predicted molar refractivity (Wildman–Crippen MR) is 111 cm³/mol. The van der Waals surface area contributed by atoms with Crippen molar-refractivity contribution in [2.45, 2.75) is 13.1 Å². The second-order valence-electron chi connectivity index (χ2n) is 6.62. The van der Waals surface area contributed by atoms with E-state index >= 15 is 0 Å². The number of amides is 1. The number of benzene rings is 3. The van der Waals surface area contributed by atoms with Gasteiger partial charge in [-0.05, 0) is 41.0 Å². The number of ether oxygens (including phenoxy) is 1. The Labute approximate surface area is 164 Å². The van der Waals surface area contributed by atoms with Crippen molar-refractivity contribution >= 4 is 17.8 Å². The van der Waals surface area contributed by atoms with E-state index in [1.807, 2.05) is 18.2 Å². The third kappa shape index (κ3) is 3.74. The maximum Gasteiger partial charge on any atom is 0.275 e. The second kappa shape index (κ2) is 7.96. The van der Waals surface area contributed by atoms with Gasteiger partial charge in [0.05, 0.1) is 18.9 Å². The number of para-hydroxylation sites is 1. The quantitative estimate of drug-likeness (QED) is 0.545. The van der Waals surface area contributed by atoms with Crippen LogP contribution in [0.15, 0.2) is 77.9 Å². The van der Waals surface area contributed by atoms with Crippen LogP contribution in [-0.4, -0.2) is 19.2 Å². The van der Waals surface area contributed by atoms with Crippen LogP contribution >= 0.6 is 0 Å². The van der Waals surface area contributed by atoms with E-state index in [0.717, 1.165) is 18.7 Å². The summed E-state index contributed by atoms with van der Waals surface area (Å²) in [5.74, 6) is 0.214. The number of hydrazone groups is 1. The molecule has 5 nitrogen and oxygen atoms in total. The standard InChI is InChI=1S/C23H21N3O2/c1-28-22-9-5-4-8-21(22)23(27)25-24-14-17-10-12-20(13-11-17)26-15-18-6-2-3-7-19(18)16-26/h2-14H,15-16H2,1H3,(H,25,27). The molecule has 0 radical (unpaired) electrons. The highest BCUT2D eigenvalue weighted by Crippen LogP contribution is 2.27. The van der Waals surface area contributed by atoms with E-state index in [1.54, 1.807) is 24.4 Å². The lowest BCUT2D eigenvalue weighted by Gasteiger charge is -2.17. The van der Waals surface area contributed by atoms with Crippen LogP contribution in [0.5, 0.6) is 5.75 Å². The molecule has 4 rings (SSSR count). The molecule has 0 fully saturated rings. The van der Waals surface area contributed by atoms with Gasteiger partial charge in [0.1, 0.15) is 5.75 Å². The summed E-state index contributed by atoms with van der Waals surface area (Å²) in [5, 5.41) is 4.06. The van der Waals surface area contributed by atoms with E-state index in [4.69, 9.17) is 4.74 Å². The number of rotatable bonds is 5. The molecule has 3 aromatic rings. The van der Waals surface area contributed by atoms with E-state index in [2.05, 4.69) is 51.8 Å². The average Bonchev–Trinajstić information content (AvgIpc) is 3.18. The fourth-order valence-corrected chi connectivity index (χ4v) is 3.34. The van der Waals surface area contributed by atoms with Crippen LogP contribution in [0.3, 0.4) is 0 Å². The number of methoxy groups -OCH3 is 1. The number of hydrogen-bond donors (Lipinski definition) is 1. The summed E-state index contributed by atoms with van der Waals surface area (Å²) in [6, 6.07) is 23.7. The highest BCUT2D eigenvalue weighted by Gasteiger charge is 2.18. The highest BCUT2D eigenvalue weighted by atomic mass is 16.5. The van der Waals surface area contributed by atoms with Gasteiger partial charge in [-0.25, -0.2) is 5.43 Å². The predicted octanol–water partition coefficient (Wildman–Crippen LogP) is 3.98. The molecule has 0 atom stereocenters. The topological polar surface area (TPSA) is 53.9 Å². The Morgan fingerprint density at radius 1 is 0.964 bits per heavy atom. The molecule has 0 unspecified atom stereocenters. The minimum absolute atomic E-state index is 0.305. The maximum atomic E-state index is 12.2. The van der Waals surface area contributed by atoms with Crippen LogP contribution in [0.25, 0.3) is 0 Å². The van der Waals surface area contributed by atoms with Gasteiger partial charge >= 0.3 is 0 Å². The van der Waals surface area contributed by atoms with Crippen molar-refractivity contribution < 1.29 is 9.53 Å². The molecule has 140 valence electrons. The van der Waals surface area contributed by atoms with Crippen molar-refractivity contribution in [3.05, 3.63) is 95.1 Å². The molecule has 0 aliphatic carbocycles. The molecule has 0 bridgehead atoms. The number of anilines is 1. The van der Waals surface area contributed by atoms with Gasteiger partial charge < -0.3 is 9.64 Å². The Hall–Kier alpha value is -3.60. The number of carbonyl (C=O) groups excluding carboxylic acids is 1. The first kappa shape index (κ1) is 17.8. The summed E-state index contributed by atoms with van der Waals surface area (Å²) in [6.07, 6.45) is 1.63. The van der Waals surface area contributed by atoms with E-state index in [0.29, 0.717) is 11.3 Å². The van der Waals surface area contributed by atoms with Crippen LogP contribution in [0, 0.1) is 0 Å². The van der Waals surface area contributed by atoms with Crippen LogP contribution < -0.4 is 15.1 Å². The zero-order valence-electron chi connectivity index (χ0n) is 15.6. The molecule has 0 saturated carbocycles. The molecular formula is C23H21N3O2. The molecule has 5 heteroatoms. The number of fused-ring (bicyclic) bond motifs is 1. The summed E-state index contributed by atoms with van der Waals surface area (Å²) in [7, 11) is 1.54. The lowest BCUT2D eigenvalue weighted by molar-refractivity contribution is 0.0952. The summed E-state index contributed by atoms with van der Waals surface area (Å²) in [4.78, 5) is 14.6. The fourth-order valence-electron chi connectivity index (χ4n) is 3.34. The van der Waals surface area contributed by atoms with Crippen molar-refractivity contribution in [1.82, 2.24) is 5.43 Å². The minimum atomic E-state index is -0.305. The molecule has 0 spiro atoms. The molecule has 1 aliphatic rings. The molecule has 0 aromatic heterocycles. The molecule has 1 aliphatic heterocycles. The number of hydrogen-bond acceptors (Lipinski definition) is 4. The Balaban J connectivity index is 1.38. The molecular weight excluding hydrogens is 350 g/mol. The Bertz CT molecular complexity index is 987. The summed E-state index contributed by atoms with van der Waals surface area (Å²) < 4.78 is 5.20. The SMILES string of the molecule is COc1ccccc1C(=O)NN=Cc1ccc(N2Cc3ccccc3C2)cc1. The van der Waals surface area contributed by atoms with E-state index in [-0.39, 0.29) is 5.91 Å². The summed E-state index contributed by atoms with van der Waals surface area (Å²) in [5.41, 5.74) is 7.85. The first-order valence-corrected chi connectivity index (χ1v) is 9.13. The third-order valence-corrected chi connectivity index (χ3v) is 4.83. The first-order valence-electron chi connectivity index (χ1n) is 9.13. The Kier molecular flexibility index (Phi) is 5.06. The van der Waals surface area contributed by atoms with Crippen LogP contribution in [0.2, 0.25) is 0 Å². The largest absolute Gasteiger partial charge is 0.496 e. The maximum absolute atomic E-state index is 12.2. The van der Waals surface area contributed by atoms with Gasteiger partial charge in [0.2, 0.25) is 0 Å². The molecule has 1 heterocycles. The van der Waals surface area contributed by atoms with Crippen molar-refractivity contribution in [2.24, 2.45) is 5.10 Å². The monoisotopic (exact) mass is 371 g/mol. The molecule has 3 aromatic carbocycles. The minimum Gasteiger partial charge on any atom is -0.496 e. The van der Waals surface area contributed by atoms with E-state index < -0.39 is 0 Å². The van der Waals surface area contributed by atoms with Crippen LogP contribution in [0.4, 0.5) is 5.69 Å². The smallest absolute Gasteiger partial charge is 0.275 e.